The largest absolute Gasteiger partial charge is 0.480 e. The minimum Gasteiger partial charge on any atom is -0.480 e. The van der Waals surface area contributed by atoms with Crippen LogP contribution < -0.4 is 5.73 Å². The van der Waals surface area contributed by atoms with Crippen molar-refractivity contribution in [2.24, 2.45) is 5.73 Å². The van der Waals surface area contributed by atoms with E-state index in [9.17, 15) is 13.6 Å². The molecule has 0 saturated heterocycles. The van der Waals surface area contributed by atoms with Crippen LogP contribution in [0.25, 0.3) is 0 Å². The molecule has 0 saturated carbocycles. The molecule has 0 amide bonds. The molecule has 1 unspecified atom stereocenters. The van der Waals surface area contributed by atoms with Crippen molar-refractivity contribution >= 4 is 5.97 Å². The van der Waals surface area contributed by atoms with Crippen LogP contribution in [0.1, 0.15) is 19.8 Å². The van der Waals surface area contributed by atoms with Crippen LogP contribution in [0.4, 0.5) is 8.78 Å². The van der Waals surface area contributed by atoms with Crippen LogP contribution in [0.5, 0.6) is 0 Å². The second-order valence-corrected chi connectivity index (χ2v) is 2.55. The van der Waals surface area contributed by atoms with Gasteiger partial charge in [0.1, 0.15) is 6.04 Å². The number of carbonyl (C=O) groups is 1. The van der Waals surface area contributed by atoms with E-state index in [4.69, 9.17) is 10.8 Å². The summed E-state index contributed by atoms with van der Waals surface area (Å²) >= 11 is 0. The Labute approximate surface area is 63.2 Å². The van der Waals surface area contributed by atoms with E-state index in [1.165, 1.54) is 0 Å². The molecule has 0 aliphatic carbocycles. The fourth-order valence-electron chi connectivity index (χ4n) is 0.532. The van der Waals surface area contributed by atoms with Crippen LogP contribution >= 0.6 is 0 Å². The molecule has 0 heterocycles. The highest BCUT2D eigenvalue weighted by atomic mass is 19.3. The minimum atomic E-state index is -2.83. The lowest BCUT2D eigenvalue weighted by Gasteiger charge is -2.11. The fourth-order valence-corrected chi connectivity index (χ4v) is 0.532. The first-order chi connectivity index (χ1) is 4.83. The Kier molecular flexibility index (Phi) is 3.38. The quantitative estimate of drug-likeness (QED) is 0.651. The molecule has 0 bridgehead atoms. The van der Waals surface area contributed by atoms with Crippen molar-refractivity contribution in [3.63, 3.8) is 0 Å². The average molecular weight is 167 g/mol. The summed E-state index contributed by atoms with van der Waals surface area (Å²) in [6.07, 6.45) is -0.681. The molecule has 0 aromatic carbocycles. The zero-order valence-corrected chi connectivity index (χ0v) is 6.18. The van der Waals surface area contributed by atoms with Gasteiger partial charge in [0, 0.05) is 6.42 Å². The number of aliphatic carboxylic acids is 1. The molecule has 66 valence electrons. The Morgan fingerprint density at radius 2 is 2.18 bits per heavy atom. The molecule has 0 aromatic rings. The molecule has 0 fully saturated rings. The number of carboxylic acid groups (broad SMARTS) is 1. The smallest absolute Gasteiger partial charge is 0.320 e. The molecular formula is C6H11F2NO2. The van der Waals surface area contributed by atoms with Gasteiger partial charge in [-0.05, 0) is 13.3 Å². The van der Waals surface area contributed by atoms with E-state index >= 15 is 0 Å². The number of hydrogen-bond acceptors (Lipinski definition) is 2. The maximum Gasteiger partial charge on any atom is 0.320 e. The summed E-state index contributed by atoms with van der Waals surface area (Å²) in [7, 11) is 0. The van der Waals surface area contributed by atoms with E-state index in [0.29, 0.717) is 0 Å². The summed E-state index contributed by atoms with van der Waals surface area (Å²) in [5, 5.41) is 8.21. The first kappa shape index (κ1) is 10.3. The third-order valence-electron chi connectivity index (χ3n) is 1.21. The van der Waals surface area contributed by atoms with Gasteiger partial charge in [-0.1, -0.05) is 0 Å². The predicted molar refractivity (Wildman–Crippen MR) is 35.5 cm³/mol. The van der Waals surface area contributed by atoms with Gasteiger partial charge in [0.05, 0.1) is 0 Å². The number of halogens is 2. The van der Waals surface area contributed by atoms with Crippen molar-refractivity contribution in [3.05, 3.63) is 0 Å². The summed E-state index contributed by atoms with van der Waals surface area (Å²) in [5.74, 6) is -4.07. The Morgan fingerprint density at radius 1 is 1.73 bits per heavy atom. The normalized spacial score (nSPS) is 14.5. The topological polar surface area (TPSA) is 63.3 Å². The second kappa shape index (κ2) is 3.61. The lowest BCUT2D eigenvalue weighted by molar-refractivity contribution is -0.139. The zero-order valence-electron chi connectivity index (χ0n) is 6.18. The fraction of sp³-hybridized carbons (Fsp3) is 0.833. The van der Waals surface area contributed by atoms with Gasteiger partial charge < -0.3 is 10.8 Å². The Bertz CT molecular complexity index is 144. The monoisotopic (exact) mass is 167 g/mol. The Balaban J connectivity index is 3.63. The van der Waals surface area contributed by atoms with Crippen molar-refractivity contribution in [2.45, 2.75) is 31.7 Å². The molecule has 5 heteroatoms. The molecule has 0 aliphatic rings. The van der Waals surface area contributed by atoms with E-state index in [2.05, 4.69) is 0 Å². The van der Waals surface area contributed by atoms with Gasteiger partial charge in [-0.15, -0.1) is 0 Å². The third-order valence-corrected chi connectivity index (χ3v) is 1.21. The average Bonchev–Trinajstić information content (AvgIpc) is 1.80. The van der Waals surface area contributed by atoms with Crippen molar-refractivity contribution in [3.8, 4) is 0 Å². The first-order valence-corrected chi connectivity index (χ1v) is 3.19. The number of nitrogens with two attached hydrogens (primary N) is 1. The molecule has 0 aromatic heterocycles. The summed E-state index contributed by atoms with van der Waals surface area (Å²) in [4.78, 5) is 10.0. The minimum absolute atomic E-state index is 0.196. The third kappa shape index (κ3) is 5.72. The molecule has 3 nitrogen and oxygen atoms in total. The SMILES string of the molecule is CC(F)(F)CCC(N)C(=O)O. The van der Waals surface area contributed by atoms with Crippen molar-refractivity contribution in [1.82, 2.24) is 0 Å². The van der Waals surface area contributed by atoms with Gasteiger partial charge in [-0.3, -0.25) is 4.79 Å². The van der Waals surface area contributed by atoms with E-state index in [1.807, 2.05) is 0 Å². The van der Waals surface area contributed by atoms with Gasteiger partial charge in [-0.25, -0.2) is 8.78 Å². The van der Waals surface area contributed by atoms with Crippen LogP contribution in [0.15, 0.2) is 0 Å². The van der Waals surface area contributed by atoms with Crippen molar-refractivity contribution in [1.29, 1.82) is 0 Å². The zero-order chi connectivity index (χ0) is 9.07. The van der Waals surface area contributed by atoms with Crippen LogP contribution in [-0.4, -0.2) is 23.0 Å². The van der Waals surface area contributed by atoms with Gasteiger partial charge in [0.15, 0.2) is 0 Å². The Hall–Kier alpha value is -0.710. The van der Waals surface area contributed by atoms with E-state index in [0.717, 1.165) is 6.92 Å². The highest BCUT2D eigenvalue weighted by molar-refractivity contribution is 5.72. The lowest BCUT2D eigenvalue weighted by atomic mass is 10.1. The number of alkyl halides is 2. The van der Waals surface area contributed by atoms with Gasteiger partial charge in [0.25, 0.3) is 0 Å². The molecule has 0 radical (unpaired) electrons. The molecule has 0 aliphatic heterocycles. The van der Waals surface area contributed by atoms with Crippen LogP contribution in [0.2, 0.25) is 0 Å². The molecule has 0 spiro atoms. The van der Waals surface area contributed by atoms with Crippen LogP contribution in [0, 0.1) is 0 Å². The summed E-state index contributed by atoms with van der Waals surface area (Å²) in [6, 6.07) is -1.18. The molecule has 0 rings (SSSR count). The van der Waals surface area contributed by atoms with Gasteiger partial charge in [-0.2, -0.15) is 0 Å². The molecule has 11 heavy (non-hydrogen) atoms. The summed E-state index contributed by atoms with van der Waals surface area (Å²) in [6.45, 7) is 0.738. The highest BCUT2D eigenvalue weighted by Gasteiger charge is 2.23. The van der Waals surface area contributed by atoms with E-state index < -0.39 is 24.4 Å². The Morgan fingerprint density at radius 3 is 2.45 bits per heavy atom. The predicted octanol–water partition coefficient (Wildman–Crippen LogP) is 0.834. The van der Waals surface area contributed by atoms with Gasteiger partial charge >= 0.3 is 5.97 Å². The van der Waals surface area contributed by atoms with Crippen LogP contribution in [-0.2, 0) is 4.79 Å². The summed E-state index contributed by atoms with van der Waals surface area (Å²) in [5.41, 5.74) is 4.99. The number of rotatable bonds is 4. The molecule has 1 atom stereocenters. The molecular weight excluding hydrogens is 156 g/mol. The first-order valence-electron chi connectivity index (χ1n) is 3.19. The van der Waals surface area contributed by atoms with E-state index in [-0.39, 0.29) is 6.42 Å². The number of hydrogen-bond donors (Lipinski definition) is 2. The maximum absolute atomic E-state index is 12.1. The molecule has 3 N–H and O–H groups in total. The standard InChI is InChI=1S/C6H11F2NO2/c1-6(7,8)3-2-4(9)5(10)11/h4H,2-3,9H2,1H3,(H,10,11). The van der Waals surface area contributed by atoms with Crippen molar-refractivity contribution < 1.29 is 18.7 Å². The van der Waals surface area contributed by atoms with Crippen LogP contribution in [0.3, 0.4) is 0 Å². The van der Waals surface area contributed by atoms with E-state index in [1.54, 1.807) is 0 Å². The summed E-state index contributed by atoms with van der Waals surface area (Å²) < 4.78 is 24.2. The second-order valence-electron chi connectivity index (χ2n) is 2.55. The van der Waals surface area contributed by atoms with Crippen molar-refractivity contribution in [2.75, 3.05) is 0 Å². The maximum atomic E-state index is 12.1. The number of carboxylic acids is 1. The van der Waals surface area contributed by atoms with Gasteiger partial charge in [0.2, 0.25) is 5.92 Å². The lowest BCUT2D eigenvalue weighted by Crippen LogP contribution is -2.31. The highest BCUT2D eigenvalue weighted by Crippen LogP contribution is 2.19.